The largest absolute Gasteiger partial charge is 0.504 e. The number of nitrogens with one attached hydrogen (secondary N) is 1. The van der Waals surface area contributed by atoms with E-state index in [9.17, 15) is 15.0 Å². The number of hydrogen-bond donors (Lipinski definition) is 3. The molecule has 0 atom stereocenters. The maximum Gasteiger partial charge on any atom is 0.251 e. The van der Waals surface area contributed by atoms with E-state index in [1.807, 2.05) is 0 Å². The molecular weight excluding hydrogens is 254 g/mol. The molecule has 1 aliphatic rings. The van der Waals surface area contributed by atoms with Gasteiger partial charge in [-0.15, -0.1) is 0 Å². The Bertz CT molecular complexity index is 465. The number of aromatic hydroxyl groups is 2. The van der Waals surface area contributed by atoms with E-state index in [-0.39, 0.29) is 23.4 Å². The molecule has 0 spiro atoms. The van der Waals surface area contributed by atoms with Gasteiger partial charge in [-0.2, -0.15) is 0 Å². The molecule has 2 rings (SSSR count). The lowest BCUT2D eigenvalue weighted by Gasteiger charge is -2.29. The molecule has 1 aliphatic carbocycles. The van der Waals surface area contributed by atoms with Crippen molar-refractivity contribution in [1.82, 2.24) is 5.32 Å². The predicted octanol–water partition coefficient (Wildman–Crippen LogP) is 3.19. The van der Waals surface area contributed by atoms with Crippen LogP contribution in [0, 0.1) is 5.92 Å². The normalized spacial score (nSPS) is 22.4. The van der Waals surface area contributed by atoms with Gasteiger partial charge in [0, 0.05) is 11.6 Å². The van der Waals surface area contributed by atoms with E-state index in [0.29, 0.717) is 5.56 Å². The first-order valence-electron chi connectivity index (χ1n) is 7.43. The second-order valence-corrected chi connectivity index (χ2v) is 5.68. The van der Waals surface area contributed by atoms with Gasteiger partial charge in [-0.25, -0.2) is 0 Å². The van der Waals surface area contributed by atoms with E-state index in [2.05, 4.69) is 12.2 Å². The number of amides is 1. The maximum absolute atomic E-state index is 12.1. The molecule has 110 valence electrons. The van der Waals surface area contributed by atoms with Crippen LogP contribution in [0.1, 0.15) is 55.8 Å². The Labute approximate surface area is 119 Å². The van der Waals surface area contributed by atoms with Crippen molar-refractivity contribution in [3.05, 3.63) is 23.8 Å². The first-order valence-corrected chi connectivity index (χ1v) is 7.43. The van der Waals surface area contributed by atoms with Crippen molar-refractivity contribution in [3.63, 3.8) is 0 Å². The van der Waals surface area contributed by atoms with Gasteiger partial charge in [0.15, 0.2) is 11.5 Å². The zero-order valence-corrected chi connectivity index (χ0v) is 11.9. The Balaban J connectivity index is 1.87. The lowest BCUT2D eigenvalue weighted by molar-refractivity contribution is 0.0920. The first-order chi connectivity index (χ1) is 9.60. The SMILES string of the molecule is CCCC1CCC(NC(=O)c2ccc(O)c(O)c2)CC1. The van der Waals surface area contributed by atoms with Gasteiger partial charge in [0.05, 0.1) is 0 Å². The molecular formula is C16H23NO3. The van der Waals surface area contributed by atoms with Crippen molar-refractivity contribution in [2.24, 2.45) is 5.92 Å². The summed E-state index contributed by atoms with van der Waals surface area (Å²) in [6.07, 6.45) is 6.93. The van der Waals surface area contributed by atoms with E-state index >= 15 is 0 Å². The van der Waals surface area contributed by atoms with Crippen molar-refractivity contribution < 1.29 is 15.0 Å². The standard InChI is InChI=1S/C16H23NO3/c1-2-3-11-4-7-13(8-5-11)17-16(20)12-6-9-14(18)15(19)10-12/h6,9-11,13,18-19H,2-5,7-8H2,1H3,(H,17,20). The fourth-order valence-electron chi connectivity index (χ4n) is 2.94. The van der Waals surface area contributed by atoms with Gasteiger partial charge in [-0.1, -0.05) is 19.8 Å². The lowest BCUT2D eigenvalue weighted by atomic mass is 9.83. The third-order valence-electron chi connectivity index (χ3n) is 4.12. The average Bonchev–Trinajstić information content (AvgIpc) is 2.44. The summed E-state index contributed by atoms with van der Waals surface area (Å²) in [6, 6.07) is 4.38. The first kappa shape index (κ1) is 14.7. The van der Waals surface area contributed by atoms with Gasteiger partial charge in [-0.3, -0.25) is 4.79 Å². The fourth-order valence-corrected chi connectivity index (χ4v) is 2.94. The summed E-state index contributed by atoms with van der Waals surface area (Å²) in [6.45, 7) is 2.21. The van der Waals surface area contributed by atoms with Gasteiger partial charge in [0.1, 0.15) is 0 Å². The third-order valence-corrected chi connectivity index (χ3v) is 4.12. The molecule has 0 bridgehead atoms. The van der Waals surface area contributed by atoms with Gasteiger partial charge in [0.25, 0.3) is 5.91 Å². The number of phenolic OH excluding ortho intramolecular Hbond substituents is 2. The van der Waals surface area contributed by atoms with Crippen LogP contribution >= 0.6 is 0 Å². The third kappa shape index (κ3) is 3.65. The zero-order chi connectivity index (χ0) is 14.5. The molecule has 0 aromatic heterocycles. The molecule has 1 aromatic carbocycles. The molecule has 0 radical (unpaired) electrons. The molecule has 20 heavy (non-hydrogen) atoms. The summed E-state index contributed by atoms with van der Waals surface area (Å²) < 4.78 is 0. The van der Waals surface area contributed by atoms with Gasteiger partial charge in [-0.05, 0) is 49.8 Å². The molecule has 1 aromatic rings. The minimum atomic E-state index is -0.260. The van der Waals surface area contributed by atoms with Crippen LogP contribution in [-0.4, -0.2) is 22.2 Å². The van der Waals surface area contributed by atoms with Crippen LogP contribution < -0.4 is 5.32 Å². The summed E-state index contributed by atoms with van der Waals surface area (Å²) in [5, 5.41) is 21.7. The monoisotopic (exact) mass is 277 g/mol. The number of carbonyl (C=O) groups excluding carboxylic acids is 1. The second-order valence-electron chi connectivity index (χ2n) is 5.68. The summed E-state index contributed by atoms with van der Waals surface area (Å²) >= 11 is 0. The highest BCUT2D eigenvalue weighted by Gasteiger charge is 2.22. The van der Waals surface area contributed by atoms with Crippen LogP contribution in [0.25, 0.3) is 0 Å². The molecule has 1 fully saturated rings. The average molecular weight is 277 g/mol. The summed E-state index contributed by atoms with van der Waals surface area (Å²) in [7, 11) is 0. The Hall–Kier alpha value is -1.71. The number of phenols is 2. The van der Waals surface area contributed by atoms with E-state index in [0.717, 1.165) is 18.8 Å². The van der Waals surface area contributed by atoms with E-state index in [1.165, 1.54) is 43.9 Å². The smallest absolute Gasteiger partial charge is 0.251 e. The molecule has 0 aliphatic heterocycles. The van der Waals surface area contributed by atoms with Crippen LogP contribution in [0.3, 0.4) is 0 Å². The van der Waals surface area contributed by atoms with Crippen LogP contribution in [-0.2, 0) is 0 Å². The van der Waals surface area contributed by atoms with Crippen LogP contribution in [0.15, 0.2) is 18.2 Å². The lowest BCUT2D eigenvalue weighted by Crippen LogP contribution is -2.37. The van der Waals surface area contributed by atoms with Crippen LogP contribution in [0.4, 0.5) is 0 Å². The van der Waals surface area contributed by atoms with Crippen molar-refractivity contribution in [2.45, 2.75) is 51.5 Å². The van der Waals surface area contributed by atoms with Crippen LogP contribution in [0.5, 0.6) is 11.5 Å². The van der Waals surface area contributed by atoms with Gasteiger partial charge >= 0.3 is 0 Å². The summed E-state index contributed by atoms with van der Waals surface area (Å²) in [5.74, 6) is 0.163. The van der Waals surface area contributed by atoms with Crippen molar-refractivity contribution in [2.75, 3.05) is 0 Å². The van der Waals surface area contributed by atoms with E-state index in [4.69, 9.17) is 0 Å². The minimum Gasteiger partial charge on any atom is -0.504 e. The number of hydrogen-bond acceptors (Lipinski definition) is 3. The number of carbonyl (C=O) groups is 1. The highest BCUT2D eigenvalue weighted by atomic mass is 16.3. The molecule has 1 saturated carbocycles. The molecule has 3 N–H and O–H groups in total. The highest BCUT2D eigenvalue weighted by Crippen LogP contribution is 2.28. The Morgan fingerprint density at radius 2 is 1.90 bits per heavy atom. The maximum atomic E-state index is 12.1. The van der Waals surface area contributed by atoms with Gasteiger partial charge in [0.2, 0.25) is 0 Å². The molecule has 4 nitrogen and oxygen atoms in total. The molecule has 1 amide bonds. The predicted molar refractivity (Wildman–Crippen MR) is 77.9 cm³/mol. The molecule has 0 unspecified atom stereocenters. The van der Waals surface area contributed by atoms with Gasteiger partial charge < -0.3 is 15.5 Å². The molecule has 4 heteroatoms. The van der Waals surface area contributed by atoms with Crippen LogP contribution in [0.2, 0.25) is 0 Å². The molecule has 0 heterocycles. The minimum absolute atomic E-state index is 0.181. The zero-order valence-electron chi connectivity index (χ0n) is 11.9. The summed E-state index contributed by atoms with van der Waals surface area (Å²) in [4.78, 5) is 12.1. The Morgan fingerprint density at radius 1 is 1.20 bits per heavy atom. The Kier molecular flexibility index (Phi) is 4.88. The topological polar surface area (TPSA) is 69.6 Å². The van der Waals surface area contributed by atoms with E-state index < -0.39 is 0 Å². The van der Waals surface area contributed by atoms with Crippen molar-refractivity contribution in [3.8, 4) is 11.5 Å². The summed E-state index contributed by atoms with van der Waals surface area (Å²) in [5.41, 5.74) is 0.385. The van der Waals surface area contributed by atoms with Crippen molar-refractivity contribution in [1.29, 1.82) is 0 Å². The Morgan fingerprint density at radius 3 is 2.50 bits per heavy atom. The fraction of sp³-hybridized carbons (Fsp3) is 0.562. The van der Waals surface area contributed by atoms with Crippen molar-refractivity contribution >= 4 is 5.91 Å². The number of benzene rings is 1. The van der Waals surface area contributed by atoms with E-state index in [1.54, 1.807) is 0 Å². The quantitative estimate of drug-likeness (QED) is 0.740. The molecule has 0 saturated heterocycles. The number of rotatable bonds is 4. The second kappa shape index (κ2) is 6.64. The highest BCUT2D eigenvalue weighted by molar-refractivity contribution is 5.95.